The number of hydrogen-bond donors (Lipinski definition) is 3. The van der Waals surface area contributed by atoms with Crippen LogP contribution in [-0.4, -0.2) is 47.7 Å². The predicted octanol–water partition coefficient (Wildman–Crippen LogP) is 2.41. The van der Waals surface area contributed by atoms with Gasteiger partial charge in [-0.1, -0.05) is 46.4 Å². The zero-order valence-electron chi connectivity index (χ0n) is 10.2. The number of alkyl halides is 4. The zero-order valence-corrected chi connectivity index (χ0v) is 14.7. The van der Waals surface area contributed by atoms with Gasteiger partial charge in [-0.3, -0.25) is 0 Å². The quantitative estimate of drug-likeness (QED) is 0.421. The minimum atomic E-state index is -1.70. The average Bonchev–Trinajstić information content (AvgIpc) is 2.91. The zero-order chi connectivity index (χ0) is 15.7. The highest BCUT2D eigenvalue weighted by Crippen LogP contribution is 2.82. The highest BCUT2D eigenvalue weighted by molar-refractivity contribution is 6.65. The molecule has 0 aromatic rings. The van der Waals surface area contributed by atoms with Gasteiger partial charge in [0.05, 0.1) is 28.4 Å². The molecule has 9 atom stereocenters. The topological polar surface area (TPSA) is 60.7 Å². The van der Waals surface area contributed by atoms with Crippen LogP contribution in [0.5, 0.6) is 0 Å². The van der Waals surface area contributed by atoms with Crippen LogP contribution in [0, 0.1) is 23.7 Å². The average molecular weight is 415 g/mol. The van der Waals surface area contributed by atoms with Crippen LogP contribution in [0.25, 0.3) is 0 Å². The normalized spacial score (nSPS) is 63.6. The maximum absolute atomic E-state index is 10.4. The first-order chi connectivity index (χ1) is 9.54. The third kappa shape index (κ3) is 1.27. The van der Waals surface area contributed by atoms with E-state index in [9.17, 15) is 15.3 Å². The summed E-state index contributed by atoms with van der Waals surface area (Å²) in [6, 6.07) is 0. The van der Waals surface area contributed by atoms with Crippen molar-refractivity contribution >= 4 is 69.6 Å². The number of halogens is 6. The lowest BCUT2D eigenvalue weighted by molar-refractivity contribution is -0.0559. The van der Waals surface area contributed by atoms with Crippen LogP contribution in [0.2, 0.25) is 0 Å². The van der Waals surface area contributed by atoms with Crippen molar-refractivity contribution in [2.24, 2.45) is 23.7 Å². The lowest BCUT2D eigenvalue weighted by Crippen LogP contribution is -2.50. The molecule has 0 aromatic carbocycles. The van der Waals surface area contributed by atoms with Gasteiger partial charge < -0.3 is 15.3 Å². The number of fused-ring (bicyclic) bond motifs is 9. The third-order valence-electron chi connectivity index (χ3n) is 5.81. The fourth-order valence-electron chi connectivity index (χ4n) is 5.04. The highest BCUT2D eigenvalue weighted by atomic mass is 35.5. The van der Waals surface area contributed by atoms with Gasteiger partial charge in [0.25, 0.3) is 0 Å². The van der Waals surface area contributed by atoms with Crippen molar-refractivity contribution in [3.8, 4) is 0 Å². The van der Waals surface area contributed by atoms with Crippen molar-refractivity contribution in [2.75, 3.05) is 0 Å². The molecule has 0 amide bonds. The summed E-state index contributed by atoms with van der Waals surface area (Å²) in [5.74, 6) is -2.55. The van der Waals surface area contributed by atoms with E-state index < -0.39 is 56.1 Å². The Labute approximate surface area is 150 Å². The van der Waals surface area contributed by atoms with Gasteiger partial charge in [0, 0.05) is 11.8 Å². The lowest BCUT2D eigenvalue weighted by atomic mass is 9.70. The Kier molecular flexibility index (Phi) is 3.11. The smallest absolute Gasteiger partial charge is 0.166 e. The van der Waals surface area contributed by atoms with E-state index in [0.29, 0.717) is 0 Å². The van der Waals surface area contributed by atoms with Crippen molar-refractivity contribution < 1.29 is 15.3 Å². The van der Waals surface area contributed by atoms with E-state index in [2.05, 4.69) is 0 Å². The molecule has 3 nitrogen and oxygen atoms in total. The molecular weight excluding hydrogens is 405 g/mol. The number of allylic oxidation sites excluding steroid dienone is 2. The van der Waals surface area contributed by atoms with Gasteiger partial charge in [-0.25, -0.2) is 0 Å². The van der Waals surface area contributed by atoms with Crippen LogP contribution >= 0.6 is 69.6 Å². The van der Waals surface area contributed by atoms with Gasteiger partial charge in [-0.2, -0.15) is 0 Å². The molecule has 3 N–H and O–H groups in total. The predicted molar refractivity (Wildman–Crippen MR) is 82.3 cm³/mol. The monoisotopic (exact) mass is 412 g/mol. The molecule has 4 rings (SSSR count). The number of hydrogen-bond acceptors (Lipinski definition) is 3. The number of aliphatic hydroxyl groups excluding tert-OH is 3. The Hall–Kier alpha value is 1.36. The van der Waals surface area contributed by atoms with Gasteiger partial charge in [-0.05, 0) is 11.8 Å². The maximum Gasteiger partial charge on any atom is 0.166 e. The SMILES string of the molecule is OC1C(O)[C@H]2C(O)[C@@H]1[C@H]1[C@@H]2[C@@]2(Cl)C(Cl)=C(Cl)[C@]1(Cl)C2(Cl)Cl. The summed E-state index contributed by atoms with van der Waals surface area (Å²) in [6.07, 6.45) is -3.22. The molecule has 0 heterocycles. The first-order valence-electron chi connectivity index (χ1n) is 6.40. The highest BCUT2D eigenvalue weighted by Gasteiger charge is 2.89. The summed E-state index contributed by atoms with van der Waals surface area (Å²) < 4.78 is -1.70. The number of rotatable bonds is 0. The van der Waals surface area contributed by atoms with Gasteiger partial charge in [-0.15, -0.1) is 23.2 Å². The Balaban J connectivity index is 1.99. The number of aliphatic hydroxyl groups is 3. The first-order valence-corrected chi connectivity index (χ1v) is 8.67. The van der Waals surface area contributed by atoms with E-state index in [1.165, 1.54) is 0 Å². The second kappa shape index (κ2) is 4.12. The largest absolute Gasteiger partial charge is 0.392 e. The van der Waals surface area contributed by atoms with Gasteiger partial charge in [0.15, 0.2) is 4.33 Å². The minimum absolute atomic E-state index is 0.0496. The molecule has 4 aliphatic carbocycles. The Morgan fingerprint density at radius 3 is 1.33 bits per heavy atom. The fourth-order valence-corrected chi connectivity index (χ4v) is 8.14. The van der Waals surface area contributed by atoms with E-state index in [-0.39, 0.29) is 10.1 Å². The molecule has 0 radical (unpaired) electrons. The Morgan fingerprint density at radius 2 is 1.00 bits per heavy atom. The van der Waals surface area contributed by atoms with E-state index in [0.717, 1.165) is 0 Å². The van der Waals surface area contributed by atoms with Crippen LogP contribution in [0.4, 0.5) is 0 Å². The van der Waals surface area contributed by atoms with E-state index in [1.54, 1.807) is 0 Å². The summed E-state index contributed by atoms with van der Waals surface area (Å²) in [7, 11) is 0. The van der Waals surface area contributed by atoms with Crippen LogP contribution in [-0.2, 0) is 0 Å². The summed E-state index contributed by atoms with van der Waals surface area (Å²) >= 11 is 38.7. The summed E-state index contributed by atoms with van der Waals surface area (Å²) in [6.45, 7) is 0. The third-order valence-corrected chi connectivity index (χ3v) is 10.1. The fraction of sp³-hybridized carbons (Fsp3) is 0.833. The Morgan fingerprint density at radius 1 is 0.667 bits per heavy atom. The van der Waals surface area contributed by atoms with Crippen molar-refractivity contribution in [1.82, 2.24) is 0 Å². The minimum Gasteiger partial charge on any atom is -0.392 e. The van der Waals surface area contributed by atoms with Crippen LogP contribution < -0.4 is 0 Å². The molecule has 0 aromatic heterocycles. The van der Waals surface area contributed by atoms with Gasteiger partial charge in [0.2, 0.25) is 0 Å². The molecule has 3 saturated carbocycles. The standard InChI is InChI=1S/C12H10Cl6O3/c13-8-9(14)11(16)4-2-5(19)1(6(20)7(2)21)3(4)10(8,15)12(11,17)18/h1-7,19-21H/t1-,2+,3-,4+,5?,6?,7?,10-,11+. The van der Waals surface area contributed by atoms with Crippen molar-refractivity contribution in [3.05, 3.63) is 10.1 Å². The molecule has 0 saturated heterocycles. The van der Waals surface area contributed by atoms with E-state index in [1.807, 2.05) is 0 Å². The van der Waals surface area contributed by atoms with Crippen LogP contribution in [0.1, 0.15) is 0 Å². The molecule has 0 aliphatic heterocycles. The first kappa shape index (κ1) is 15.9. The van der Waals surface area contributed by atoms with Crippen molar-refractivity contribution in [3.63, 3.8) is 0 Å². The molecule has 3 unspecified atom stereocenters. The van der Waals surface area contributed by atoms with Crippen LogP contribution in [0.15, 0.2) is 10.1 Å². The molecule has 4 aliphatic rings. The van der Waals surface area contributed by atoms with E-state index >= 15 is 0 Å². The molecule has 118 valence electrons. The second-order valence-electron chi connectivity index (χ2n) is 6.30. The molecular formula is C12H10Cl6O3. The second-order valence-corrected chi connectivity index (χ2v) is 9.58. The maximum atomic E-state index is 10.4. The summed E-state index contributed by atoms with van der Waals surface area (Å²) in [5.41, 5.74) is 0. The molecule has 21 heavy (non-hydrogen) atoms. The molecule has 4 bridgehead atoms. The van der Waals surface area contributed by atoms with Crippen LogP contribution in [0.3, 0.4) is 0 Å². The lowest BCUT2D eigenvalue weighted by Gasteiger charge is -2.42. The van der Waals surface area contributed by atoms with E-state index in [4.69, 9.17) is 69.6 Å². The molecule has 9 heteroatoms. The summed E-state index contributed by atoms with van der Waals surface area (Å²) in [4.78, 5) is -2.99. The van der Waals surface area contributed by atoms with Gasteiger partial charge in [0.1, 0.15) is 9.75 Å². The van der Waals surface area contributed by atoms with Crippen molar-refractivity contribution in [2.45, 2.75) is 32.4 Å². The Bertz CT molecular complexity index is 535. The molecule has 3 fully saturated rings. The van der Waals surface area contributed by atoms with Gasteiger partial charge >= 0.3 is 0 Å². The summed E-state index contributed by atoms with van der Waals surface area (Å²) in [5, 5.41) is 30.8. The molecule has 0 spiro atoms. The van der Waals surface area contributed by atoms with Crippen molar-refractivity contribution in [1.29, 1.82) is 0 Å².